The number of H-pyrrole nitrogens is 1. The Kier molecular flexibility index (Phi) is 12.3. The zero-order valence-corrected chi connectivity index (χ0v) is 25.0. The second kappa shape index (κ2) is 16.6. The van der Waals surface area contributed by atoms with Gasteiger partial charge in [0.15, 0.2) is 0 Å². The molecule has 4 aromatic rings. The number of hydrogen-bond acceptors (Lipinski definition) is 6. The second-order valence-corrected chi connectivity index (χ2v) is 11.0. The van der Waals surface area contributed by atoms with E-state index in [-0.39, 0.29) is 23.5 Å². The number of aliphatic hydroxyl groups excluding tert-OH is 1. The monoisotopic (exact) mass is 623 g/mol. The van der Waals surface area contributed by atoms with Crippen LogP contribution in [0.4, 0.5) is 19.3 Å². The molecule has 0 saturated heterocycles. The van der Waals surface area contributed by atoms with Crippen LogP contribution in [0.1, 0.15) is 62.2 Å². The lowest BCUT2D eigenvalue weighted by Gasteiger charge is -2.20. The van der Waals surface area contributed by atoms with E-state index in [2.05, 4.69) is 10.3 Å². The second-order valence-electron chi connectivity index (χ2n) is 11.0. The zero-order valence-electron chi connectivity index (χ0n) is 25.0. The van der Waals surface area contributed by atoms with Gasteiger partial charge in [0.2, 0.25) is 5.56 Å². The van der Waals surface area contributed by atoms with Crippen LogP contribution in [0.15, 0.2) is 71.5 Å². The summed E-state index contributed by atoms with van der Waals surface area (Å²) < 4.78 is 33.1. The molecule has 5 N–H and O–H groups in total. The Bertz CT molecular complexity index is 1610. The summed E-state index contributed by atoms with van der Waals surface area (Å²) in [4.78, 5) is 26.8. The highest BCUT2D eigenvalue weighted by atomic mass is 19.1. The molecule has 0 radical (unpaired) electrons. The number of fused-ring (bicyclic) bond motifs is 1. The number of aromatic amines is 1. The van der Waals surface area contributed by atoms with E-state index in [1.54, 1.807) is 36.4 Å². The molecule has 0 spiro atoms. The average Bonchev–Trinajstić information content (AvgIpc) is 3.00. The van der Waals surface area contributed by atoms with E-state index in [1.807, 2.05) is 0 Å². The highest BCUT2D eigenvalue weighted by molar-refractivity contribution is 5.87. The van der Waals surface area contributed by atoms with Gasteiger partial charge in [-0.25, -0.2) is 13.6 Å². The molecule has 9 nitrogen and oxygen atoms in total. The summed E-state index contributed by atoms with van der Waals surface area (Å²) in [6, 6.07) is 15.8. The molecule has 1 amide bonds. The Morgan fingerprint density at radius 3 is 2.36 bits per heavy atom. The van der Waals surface area contributed by atoms with Gasteiger partial charge in [-0.1, -0.05) is 50.3 Å². The number of amides is 1. The summed E-state index contributed by atoms with van der Waals surface area (Å²) in [5.74, 6) is -1.12. The molecule has 0 fully saturated rings. The Balaban J connectivity index is 1.07. The standard InChI is InChI=1S/C34H39F2N3O6/c35-24-18-25(36)20-26(19-24)39(34(43)44)22-23-9-8-10-27(17-23)45-16-7-5-3-1-2-4-6-15-37-21-31(41)28-11-13-30(40)33-29(28)12-14-32(42)38-33/h8-14,17-20,31,37,40-41H,1-7,15-16,21-22H2,(H,38,42)(H,43,44)/t31-/m0/s1. The van der Waals surface area contributed by atoms with Crippen LogP contribution in [-0.2, 0) is 6.54 Å². The third-order valence-electron chi connectivity index (χ3n) is 7.50. The fraction of sp³-hybridized carbons (Fsp3) is 0.353. The molecule has 1 heterocycles. The number of hydrogen-bond donors (Lipinski definition) is 5. The largest absolute Gasteiger partial charge is 0.506 e. The number of aromatic nitrogens is 1. The predicted octanol–water partition coefficient (Wildman–Crippen LogP) is 6.63. The van der Waals surface area contributed by atoms with E-state index in [0.717, 1.165) is 68.5 Å². The zero-order chi connectivity index (χ0) is 32.2. The van der Waals surface area contributed by atoms with Crippen LogP contribution in [-0.4, -0.2) is 46.1 Å². The molecule has 0 saturated carbocycles. The maximum Gasteiger partial charge on any atom is 0.412 e. The molecule has 4 rings (SSSR count). The van der Waals surface area contributed by atoms with E-state index in [9.17, 15) is 33.7 Å². The van der Waals surface area contributed by atoms with Crippen molar-refractivity contribution < 1.29 is 33.6 Å². The van der Waals surface area contributed by atoms with Gasteiger partial charge in [0, 0.05) is 24.1 Å². The van der Waals surface area contributed by atoms with Gasteiger partial charge in [-0.15, -0.1) is 0 Å². The van der Waals surface area contributed by atoms with Gasteiger partial charge in [0.05, 0.1) is 30.5 Å². The summed E-state index contributed by atoms with van der Waals surface area (Å²) >= 11 is 0. The number of phenolic OH excluding ortho intramolecular Hbond substituents is 1. The van der Waals surface area contributed by atoms with Gasteiger partial charge in [-0.05, 0) is 66.9 Å². The SMILES string of the molecule is O=C(O)N(Cc1cccc(OCCCCCCCCCNC[C@H](O)c2ccc(O)c3[nH]c(=O)ccc23)c1)c1cc(F)cc(F)c1. The molecule has 0 bridgehead atoms. The first-order valence-electron chi connectivity index (χ1n) is 15.1. The van der Waals surface area contributed by atoms with Crippen LogP contribution >= 0.6 is 0 Å². The molecule has 0 unspecified atom stereocenters. The van der Waals surface area contributed by atoms with Crippen LogP contribution in [0.25, 0.3) is 10.9 Å². The third kappa shape index (κ3) is 10.0. The fourth-order valence-corrected chi connectivity index (χ4v) is 5.20. The number of pyridine rings is 1. The number of aliphatic hydroxyl groups is 1. The predicted molar refractivity (Wildman–Crippen MR) is 169 cm³/mol. The molecular formula is C34H39F2N3O6. The maximum absolute atomic E-state index is 13.6. The molecule has 0 aliphatic heterocycles. The number of benzene rings is 3. The highest BCUT2D eigenvalue weighted by Crippen LogP contribution is 2.28. The third-order valence-corrected chi connectivity index (χ3v) is 7.50. The van der Waals surface area contributed by atoms with Crippen molar-refractivity contribution in [3.05, 3.63) is 99.8 Å². The van der Waals surface area contributed by atoms with Crippen molar-refractivity contribution in [1.29, 1.82) is 0 Å². The number of ether oxygens (including phenoxy) is 1. The molecule has 1 atom stereocenters. The van der Waals surface area contributed by atoms with Gasteiger partial charge in [-0.3, -0.25) is 9.69 Å². The molecular weight excluding hydrogens is 584 g/mol. The number of carboxylic acid groups (broad SMARTS) is 1. The lowest BCUT2D eigenvalue weighted by atomic mass is 10.0. The summed E-state index contributed by atoms with van der Waals surface area (Å²) in [7, 11) is 0. The molecule has 1 aromatic heterocycles. The number of nitrogens with one attached hydrogen (secondary N) is 2. The first kappa shape index (κ1) is 33.4. The summed E-state index contributed by atoms with van der Waals surface area (Å²) in [5, 5.41) is 34.1. The van der Waals surface area contributed by atoms with E-state index in [1.165, 1.54) is 12.1 Å². The minimum absolute atomic E-state index is 0.0317. The van der Waals surface area contributed by atoms with Crippen molar-refractivity contribution in [2.24, 2.45) is 0 Å². The van der Waals surface area contributed by atoms with Crippen molar-refractivity contribution in [2.75, 3.05) is 24.6 Å². The first-order valence-corrected chi connectivity index (χ1v) is 15.1. The summed E-state index contributed by atoms with van der Waals surface area (Å²) in [5.41, 5.74) is 1.21. The lowest BCUT2D eigenvalue weighted by Crippen LogP contribution is -2.28. The summed E-state index contributed by atoms with van der Waals surface area (Å²) in [6.07, 6.45) is 5.19. The molecule has 240 valence electrons. The number of phenols is 1. The average molecular weight is 624 g/mol. The Hall–Kier alpha value is -4.48. The first-order chi connectivity index (χ1) is 21.7. The van der Waals surface area contributed by atoms with Crippen LogP contribution in [0.5, 0.6) is 11.5 Å². The quantitative estimate of drug-likeness (QED) is 0.0834. The number of unbranched alkanes of at least 4 members (excludes halogenated alkanes) is 6. The van der Waals surface area contributed by atoms with Crippen LogP contribution in [0, 0.1) is 11.6 Å². The van der Waals surface area contributed by atoms with Gasteiger partial charge in [-0.2, -0.15) is 0 Å². The lowest BCUT2D eigenvalue weighted by molar-refractivity contribution is 0.176. The van der Waals surface area contributed by atoms with Gasteiger partial charge in [0.25, 0.3) is 0 Å². The van der Waals surface area contributed by atoms with E-state index in [0.29, 0.717) is 47.0 Å². The summed E-state index contributed by atoms with van der Waals surface area (Å²) in [6.45, 7) is 1.59. The Labute approximate surface area is 260 Å². The number of halogens is 2. The molecule has 3 aromatic carbocycles. The normalized spacial score (nSPS) is 11.9. The van der Waals surface area contributed by atoms with Crippen molar-refractivity contribution >= 4 is 22.7 Å². The molecule has 45 heavy (non-hydrogen) atoms. The number of nitrogens with zero attached hydrogens (tertiary/aromatic N) is 1. The van der Waals surface area contributed by atoms with Gasteiger partial charge in [0.1, 0.15) is 23.1 Å². The highest BCUT2D eigenvalue weighted by Gasteiger charge is 2.17. The van der Waals surface area contributed by atoms with Crippen molar-refractivity contribution in [3.63, 3.8) is 0 Å². The van der Waals surface area contributed by atoms with E-state index < -0.39 is 23.8 Å². The Morgan fingerprint density at radius 1 is 0.911 bits per heavy atom. The minimum atomic E-state index is -1.32. The molecule has 11 heteroatoms. The number of anilines is 1. The molecule has 0 aliphatic rings. The number of carbonyl (C=O) groups is 1. The number of aromatic hydroxyl groups is 1. The van der Waals surface area contributed by atoms with Crippen LogP contribution in [0.3, 0.4) is 0 Å². The molecule has 0 aliphatic carbocycles. The van der Waals surface area contributed by atoms with Crippen molar-refractivity contribution in [1.82, 2.24) is 10.3 Å². The smallest absolute Gasteiger partial charge is 0.412 e. The fourth-order valence-electron chi connectivity index (χ4n) is 5.20. The van der Waals surface area contributed by atoms with Crippen LogP contribution < -0.4 is 20.5 Å². The number of rotatable bonds is 17. The van der Waals surface area contributed by atoms with Crippen molar-refractivity contribution in [2.45, 2.75) is 57.6 Å². The van der Waals surface area contributed by atoms with Crippen LogP contribution in [0.2, 0.25) is 0 Å². The minimum Gasteiger partial charge on any atom is -0.506 e. The van der Waals surface area contributed by atoms with Crippen molar-refractivity contribution in [3.8, 4) is 11.5 Å². The van der Waals surface area contributed by atoms with E-state index >= 15 is 0 Å². The topological polar surface area (TPSA) is 135 Å². The Morgan fingerprint density at radius 2 is 1.62 bits per heavy atom. The van der Waals surface area contributed by atoms with Gasteiger partial charge >= 0.3 is 6.09 Å². The van der Waals surface area contributed by atoms with E-state index in [4.69, 9.17) is 4.74 Å². The van der Waals surface area contributed by atoms with Gasteiger partial charge < -0.3 is 30.4 Å². The maximum atomic E-state index is 13.6.